The van der Waals surface area contributed by atoms with Crippen molar-refractivity contribution in [1.29, 1.82) is 0 Å². The van der Waals surface area contributed by atoms with Crippen molar-refractivity contribution in [3.8, 4) is 0 Å². The van der Waals surface area contributed by atoms with E-state index in [1.807, 2.05) is 0 Å². The number of anilines is 1. The van der Waals surface area contributed by atoms with Crippen LogP contribution in [0.25, 0.3) is 0 Å². The minimum Gasteiger partial charge on any atom is -0.376 e. The van der Waals surface area contributed by atoms with E-state index in [1.54, 1.807) is 23.1 Å². The van der Waals surface area contributed by atoms with Crippen LogP contribution in [0.5, 0.6) is 0 Å². The molecule has 7 heteroatoms. The molecule has 1 fully saturated rings. The van der Waals surface area contributed by atoms with E-state index in [1.165, 1.54) is 18.7 Å². The molecule has 22 heavy (non-hydrogen) atoms. The predicted octanol–water partition coefficient (Wildman–Crippen LogP) is 1.39. The molecule has 0 saturated carbocycles. The van der Waals surface area contributed by atoms with Gasteiger partial charge >= 0.3 is 0 Å². The Balaban J connectivity index is 1.63. The van der Waals surface area contributed by atoms with Gasteiger partial charge in [-0.05, 0) is 31.4 Å². The highest BCUT2D eigenvalue weighted by molar-refractivity contribution is 6.03. The van der Waals surface area contributed by atoms with Crippen LogP contribution >= 0.6 is 0 Å². The van der Waals surface area contributed by atoms with Gasteiger partial charge in [0, 0.05) is 19.0 Å². The van der Waals surface area contributed by atoms with Gasteiger partial charge in [0.25, 0.3) is 11.5 Å². The van der Waals surface area contributed by atoms with Crippen LogP contribution in [0.1, 0.15) is 29.6 Å². The SMILES string of the molecule is O=C(Nc1cnn(CC2CCCCO2)c1)c1ccc[nH]c1=O. The zero-order valence-electron chi connectivity index (χ0n) is 12.1. The highest BCUT2D eigenvalue weighted by Gasteiger charge is 2.15. The van der Waals surface area contributed by atoms with Crippen molar-refractivity contribution >= 4 is 11.6 Å². The number of aromatic amines is 1. The summed E-state index contributed by atoms with van der Waals surface area (Å²) in [5.41, 5.74) is 0.220. The average Bonchev–Trinajstić information content (AvgIpc) is 2.95. The van der Waals surface area contributed by atoms with Gasteiger partial charge in [0.05, 0.1) is 24.5 Å². The Morgan fingerprint density at radius 3 is 3.18 bits per heavy atom. The molecule has 116 valence electrons. The van der Waals surface area contributed by atoms with E-state index in [2.05, 4.69) is 15.4 Å². The molecule has 2 aromatic heterocycles. The Kier molecular flexibility index (Phi) is 4.34. The van der Waals surface area contributed by atoms with E-state index in [9.17, 15) is 9.59 Å². The molecule has 0 aliphatic carbocycles. The number of amides is 1. The van der Waals surface area contributed by atoms with Crippen molar-refractivity contribution in [2.24, 2.45) is 0 Å². The number of ether oxygens (including phenoxy) is 1. The lowest BCUT2D eigenvalue weighted by Gasteiger charge is -2.22. The molecule has 1 atom stereocenters. The fraction of sp³-hybridized carbons (Fsp3) is 0.400. The zero-order valence-corrected chi connectivity index (χ0v) is 12.1. The molecular formula is C15H18N4O3. The first-order valence-corrected chi connectivity index (χ1v) is 7.35. The van der Waals surface area contributed by atoms with Gasteiger partial charge in [-0.15, -0.1) is 0 Å². The van der Waals surface area contributed by atoms with Gasteiger partial charge < -0.3 is 15.0 Å². The fourth-order valence-corrected chi connectivity index (χ4v) is 2.49. The molecule has 1 saturated heterocycles. The molecule has 1 aliphatic heterocycles. The summed E-state index contributed by atoms with van der Waals surface area (Å²) < 4.78 is 7.41. The summed E-state index contributed by atoms with van der Waals surface area (Å²) in [5, 5.41) is 6.89. The summed E-state index contributed by atoms with van der Waals surface area (Å²) in [6.45, 7) is 1.47. The van der Waals surface area contributed by atoms with Gasteiger partial charge in [-0.1, -0.05) is 0 Å². The second kappa shape index (κ2) is 6.57. The molecule has 1 aliphatic rings. The van der Waals surface area contributed by atoms with Crippen LogP contribution in [0.2, 0.25) is 0 Å². The van der Waals surface area contributed by atoms with E-state index in [0.29, 0.717) is 12.2 Å². The topological polar surface area (TPSA) is 89.0 Å². The molecule has 0 aromatic carbocycles. The standard InChI is InChI=1S/C15H18N4O3/c20-14-13(5-3-6-16-14)15(21)18-11-8-17-19(9-11)10-12-4-1-2-7-22-12/h3,5-6,8-9,12H,1-2,4,7,10H2,(H,16,20)(H,18,21). The number of nitrogens with zero attached hydrogens (tertiary/aromatic N) is 2. The molecule has 3 rings (SSSR count). The lowest BCUT2D eigenvalue weighted by atomic mass is 10.1. The van der Waals surface area contributed by atoms with Crippen molar-refractivity contribution in [2.75, 3.05) is 11.9 Å². The highest BCUT2D eigenvalue weighted by Crippen LogP contribution is 2.15. The minimum absolute atomic E-state index is 0.0749. The second-order valence-electron chi connectivity index (χ2n) is 5.31. The van der Waals surface area contributed by atoms with E-state index in [0.717, 1.165) is 19.4 Å². The van der Waals surface area contributed by atoms with Crippen molar-refractivity contribution in [1.82, 2.24) is 14.8 Å². The van der Waals surface area contributed by atoms with Crippen LogP contribution in [-0.4, -0.2) is 33.4 Å². The predicted molar refractivity (Wildman–Crippen MR) is 80.8 cm³/mol. The fourth-order valence-electron chi connectivity index (χ4n) is 2.49. The number of hydrogen-bond donors (Lipinski definition) is 2. The first kappa shape index (κ1) is 14.5. The normalized spacial score (nSPS) is 18.1. The first-order chi connectivity index (χ1) is 10.7. The third-order valence-electron chi connectivity index (χ3n) is 3.62. The van der Waals surface area contributed by atoms with Crippen LogP contribution < -0.4 is 10.9 Å². The van der Waals surface area contributed by atoms with Crippen LogP contribution in [0.3, 0.4) is 0 Å². The van der Waals surface area contributed by atoms with Gasteiger partial charge in [-0.3, -0.25) is 14.3 Å². The van der Waals surface area contributed by atoms with Crippen LogP contribution in [0.4, 0.5) is 5.69 Å². The van der Waals surface area contributed by atoms with E-state index < -0.39 is 11.5 Å². The number of hydrogen-bond acceptors (Lipinski definition) is 4. The lowest BCUT2D eigenvalue weighted by molar-refractivity contribution is 0.00401. The molecule has 7 nitrogen and oxygen atoms in total. The summed E-state index contributed by atoms with van der Waals surface area (Å²) in [6, 6.07) is 3.09. The highest BCUT2D eigenvalue weighted by atomic mass is 16.5. The molecule has 0 radical (unpaired) electrons. The summed E-state index contributed by atoms with van der Waals surface area (Å²) >= 11 is 0. The van der Waals surface area contributed by atoms with Crippen molar-refractivity contribution < 1.29 is 9.53 Å². The first-order valence-electron chi connectivity index (χ1n) is 7.35. The Morgan fingerprint density at radius 2 is 2.41 bits per heavy atom. The summed E-state index contributed by atoms with van der Waals surface area (Å²) in [7, 11) is 0. The third kappa shape index (κ3) is 3.43. The van der Waals surface area contributed by atoms with E-state index >= 15 is 0 Å². The Labute approximate surface area is 127 Å². The number of rotatable bonds is 4. The summed E-state index contributed by atoms with van der Waals surface area (Å²) in [5.74, 6) is -0.449. The number of H-pyrrole nitrogens is 1. The number of carbonyl (C=O) groups excluding carboxylic acids is 1. The summed E-state index contributed by atoms with van der Waals surface area (Å²) in [6.07, 6.45) is 8.29. The minimum atomic E-state index is -0.449. The molecule has 0 spiro atoms. The van der Waals surface area contributed by atoms with Gasteiger partial charge in [0.2, 0.25) is 0 Å². The van der Waals surface area contributed by atoms with Gasteiger partial charge in [0.1, 0.15) is 5.56 Å². The van der Waals surface area contributed by atoms with E-state index in [-0.39, 0.29) is 11.7 Å². The van der Waals surface area contributed by atoms with Gasteiger partial charge in [-0.25, -0.2) is 0 Å². The van der Waals surface area contributed by atoms with Crippen molar-refractivity contribution in [3.05, 3.63) is 46.6 Å². The molecule has 0 bridgehead atoms. The maximum absolute atomic E-state index is 12.0. The molecule has 1 unspecified atom stereocenters. The Bertz CT molecular complexity index is 701. The van der Waals surface area contributed by atoms with Gasteiger partial charge in [0.15, 0.2) is 0 Å². The molecular weight excluding hydrogens is 284 g/mol. The molecule has 3 heterocycles. The maximum Gasteiger partial charge on any atom is 0.261 e. The average molecular weight is 302 g/mol. The van der Waals surface area contributed by atoms with Crippen molar-refractivity contribution in [2.45, 2.75) is 31.9 Å². The monoisotopic (exact) mass is 302 g/mol. The summed E-state index contributed by atoms with van der Waals surface area (Å²) in [4.78, 5) is 26.1. The largest absolute Gasteiger partial charge is 0.376 e. The van der Waals surface area contributed by atoms with Crippen molar-refractivity contribution in [3.63, 3.8) is 0 Å². The Morgan fingerprint density at radius 1 is 1.50 bits per heavy atom. The lowest BCUT2D eigenvalue weighted by Crippen LogP contribution is -2.24. The van der Waals surface area contributed by atoms with Crippen LogP contribution in [-0.2, 0) is 11.3 Å². The number of aromatic nitrogens is 3. The van der Waals surface area contributed by atoms with Gasteiger partial charge in [-0.2, -0.15) is 5.10 Å². The number of nitrogens with one attached hydrogen (secondary N) is 2. The van der Waals surface area contributed by atoms with Crippen LogP contribution in [0, 0.1) is 0 Å². The van der Waals surface area contributed by atoms with Crippen LogP contribution in [0.15, 0.2) is 35.5 Å². The molecule has 1 amide bonds. The zero-order chi connectivity index (χ0) is 15.4. The number of pyridine rings is 1. The second-order valence-corrected chi connectivity index (χ2v) is 5.31. The third-order valence-corrected chi connectivity index (χ3v) is 3.62. The maximum atomic E-state index is 12.0. The molecule has 2 aromatic rings. The smallest absolute Gasteiger partial charge is 0.261 e. The Hall–Kier alpha value is -2.41. The van der Waals surface area contributed by atoms with E-state index in [4.69, 9.17) is 4.74 Å². The molecule has 2 N–H and O–H groups in total. The number of carbonyl (C=O) groups is 1. The quantitative estimate of drug-likeness (QED) is 0.893.